The van der Waals surface area contributed by atoms with E-state index in [-0.39, 0.29) is 5.41 Å². The number of fused-ring (bicyclic) bond motifs is 1. The standard InChI is InChI=1S/C15H19BrF2N2/c1-15(2,3)8-20-7-11(13(19)14(17)18)10-5-4-9(16)6-12(10)20/h4-7,13-14H,8,19H2,1-3H3/t13-/m0/s1. The maximum Gasteiger partial charge on any atom is 0.257 e. The molecule has 2 aromatic rings. The molecule has 0 unspecified atom stereocenters. The fraction of sp³-hybridized carbons (Fsp3) is 0.467. The molecule has 0 aliphatic rings. The zero-order chi connectivity index (χ0) is 15.1. The second-order valence-electron chi connectivity index (χ2n) is 6.29. The highest BCUT2D eigenvalue weighted by atomic mass is 79.9. The first-order chi connectivity index (χ1) is 9.19. The van der Waals surface area contributed by atoms with Crippen LogP contribution in [0.1, 0.15) is 32.4 Å². The second-order valence-corrected chi connectivity index (χ2v) is 7.21. The van der Waals surface area contributed by atoms with Gasteiger partial charge in [-0.2, -0.15) is 0 Å². The Morgan fingerprint density at radius 2 is 1.95 bits per heavy atom. The summed E-state index contributed by atoms with van der Waals surface area (Å²) in [7, 11) is 0. The van der Waals surface area contributed by atoms with Crippen molar-refractivity contribution in [2.45, 2.75) is 39.8 Å². The number of rotatable bonds is 3. The zero-order valence-corrected chi connectivity index (χ0v) is 13.4. The predicted molar refractivity (Wildman–Crippen MR) is 82.0 cm³/mol. The van der Waals surface area contributed by atoms with Crippen LogP contribution in [-0.4, -0.2) is 11.0 Å². The molecule has 5 heteroatoms. The van der Waals surface area contributed by atoms with E-state index in [4.69, 9.17) is 5.73 Å². The van der Waals surface area contributed by atoms with Gasteiger partial charge in [0, 0.05) is 33.7 Å². The van der Waals surface area contributed by atoms with Crippen molar-refractivity contribution in [2.24, 2.45) is 11.1 Å². The van der Waals surface area contributed by atoms with Crippen LogP contribution in [0.25, 0.3) is 10.9 Å². The highest BCUT2D eigenvalue weighted by molar-refractivity contribution is 9.10. The summed E-state index contributed by atoms with van der Waals surface area (Å²) in [6, 6.07) is 4.39. The number of halogens is 3. The third-order valence-electron chi connectivity index (χ3n) is 3.15. The zero-order valence-electron chi connectivity index (χ0n) is 11.8. The molecular weight excluding hydrogens is 326 g/mol. The smallest absolute Gasteiger partial charge is 0.257 e. The fourth-order valence-corrected chi connectivity index (χ4v) is 2.69. The van der Waals surface area contributed by atoms with E-state index < -0.39 is 12.5 Å². The number of nitrogens with two attached hydrogens (primary N) is 1. The molecule has 1 heterocycles. The van der Waals surface area contributed by atoms with E-state index in [1.807, 2.05) is 22.8 Å². The number of nitrogens with zero attached hydrogens (tertiary/aromatic N) is 1. The number of aromatic nitrogens is 1. The Balaban J connectivity index is 2.60. The summed E-state index contributed by atoms with van der Waals surface area (Å²) < 4.78 is 28.8. The first kappa shape index (κ1) is 15.4. The van der Waals surface area contributed by atoms with E-state index in [2.05, 4.69) is 36.7 Å². The Morgan fingerprint density at radius 1 is 1.30 bits per heavy atom. The summed E-state index contributed by atoms with van der Waals surface area (Å²) in [6.07, 6.45) is -0.800. The molecule has 0 saturated heterocycles. The van der Waals surface area contributed by atoms with Gasteiger partial charge in [0.25, 0.3) is 6.43 Å². The highest BCUT2D eigenvalue weighted by Gasteiger charge is 2.23. The molecule has 0 bridgehead atoms. The molecule has 2 rings (SSSR count). The fourth-order valence-electron chi connectivity index (χ4n) is 2.34. The van der Waals surface area contributed by atoms with Crippen LogP contribution in [0, 0.1) is 5.41 Å². The van der Waals surface area contributed by atoms with Gasteiger partial charge in [0.15, 0.2) is 0 Å². The Kier molecular flexibility index (Phi) is 4.21. The monoisotopic (exact) mass is 344 g/mol. The van der Waals surface area contributed by atoms with Gasteiger partial charge in [-0.25, -0.2) is 8.78 Å². The van der Waals surface area contributed by atoms with Crippen molar-refractivity contribution in [3.05, 3.63) is 34.4 Å². The Bertz CT molecular complexity index is 614. The van der Waals surface area contributed by atoms with Crippen molar-refractivity contribution in [1.29, 1.82) is 0 Å². The maximum atomic E-state index is 12.9. The van der Waals surface area contributed by atoms with Gasteiger partial charge in [-0.15, -0.1) is 0 Å². The lowest BCUT2D eigenvalue weighted by molar-refractivity contribution is 0.117. The van der Waals surface area contributed by atoms with Gasteiger partial charge in [0.1, 0.15) is 0 Å². The van der Waals surface area contributed by atoms with Gasteiger partial charge in [-0.05, 0) is 17.5 Å². The third-order valence-corrected chi connectivity index (χ3v) is 3.64. The van der Waals surface area contributed by atoms with Crippen molar-refractivity contribution in [3.8, 4) is 0 Å². The molecule has 2 nitrogen and oxygen atoms in total. The van der Waals surface area contributed by atoms with Gasteiger partial charge in [0.05, 0.1) is 6.04 Å². The van der Waals surface area contributed by atoms with Crippen LogP contribution in [0.3, 0.4) is 0 Å². The number of benzene rings is 1. The largest absolute Gasteiger partial charge is 0.347 e. The van der Waals surface area contributed by atoms with Gasteiger partial charge in [-0.1, -0.05) is 42.8 Å². The lowest BCUT2D eigenvalue weighted by Crippen LogP contribution is -2.19. The lowest BCUT2D eigenvalue weighted by atomic mass is 9.97. The van der Waals surface area contributed by atoms with Crippen molar-refractivity contribution in [3.63, 3.8) is 0 Å². The average molecular weight is 345 g/mol. The quantitative estimate of drug-likeness (QED) is 0.858. The molecule has 20 heavy (non-hydrogen) atoms. The molecule has 0 aliphatic heterocycles. The van der Waals surface area contributed by atoms with Gasteiger partial charge >= 0.3 is 0 Å². The Morgan fingerprint density at radius 3 is 2.50 bits per heavy atom. The SMILES string of the molecule is CC(C)(C)Cn1cc([C@H](N)C(F)F)c2ccc(Br)cc21. The second kappa shape index (κ2) is 5.45. The average Bonchev–Trinajstić information content (AvgIpc) is 2.64. The topological polar surface area (TPSA) is 30.9 Å². The minimum absolute atomic E-state index is 0.0560. The minimum atomic E-state index is -2.56. The molecule has 0 aliphatic carbocycles. The molecule has 0 spiro atoms. The molecule has 1 aromatic carbocycles. The first-order valence-electron chi connectivity index (χ1n) is 6.51. The summed E-state index contributed by atoms with van der Waals surface area (Å²) in [5.74, 6) is 0. The highest BCUT2D eigenvalue weighted by Crippen LogP contribution is 2.32. The Hall–Kier alpha value is -0.940. The molecule has 0 amide bonds. The van der Waals surface area contributed by atoms with Crippen LogP contribution in [-0.2, 0) is 6.54 Å². The lowest BCUT2D eigenvalue weighted by Gasteiger charge is -2.20. The number of hydrogen-bond donors (Lipinski definition) is 1. The van der Waals surface area contributed by atoms with Crippen molar-refractivity contribution in [2.75, 3.05) is 0 Å². The maximum absolute atomic E-state index is 12.9. The van der Waals surface area contributed by atoms with E-state index in [0.29, 0.717) is 5.56 Å². The van der Waals surface area contributed by atoms with Crippen molar-refractivity contribution >= 4 is 26.8 Å². The molecular formula is C15H19BrF2N2. The van der Waals surface area contributed by atoms with E-state index in [9.17, 15) is 8.78 Å². The minimum Gasteiger partial charge on any atom is -0.347 e. The first-order valence-corrected chi connectivity index (χ1v) is 7.30. The van der Waals surface area contributed by atoms with Gasteiger partial charge in [0.2, 0.25) is 0 Å². The summed E-state index contributed by atoms with van der Waals surface area (Å²) in [5.41, 5.74) is 7.14. The summed E-state index contributed by atoms with van der Waals surface area (Å²) in [5, 5.41) is 0.797. The molecule has 1 atom stereocenters. The molecule has 1 aromatic heterocycles. The van der Waals surface area contributed by atoms with Crippen molar-refractivity contribution in [1.82, 2.24) is 4.57 Å². The van der Waals surface area contributed by atoms with Crippen molar-refractivity contribution < 1.29 is 8.78 Å². The molecule has 0 radical (unpaired) electrons. The van der Waals surface area contributed by atoms with Crippen LogP contribution < -0.4 is 5.73 Å². The molecule has 2 N–H and O–H groups in total. The molecule has 0 saturated carbocycles. The van der Waals surface area contributed by atoms with Gasteiger partial charge in [-0.3, -0.25) is 0 Å². The van der Waals surface area contributed by atoms with E-state index >= 15 is 0 Å². The van der Waals surface area contributed by atoms with E-state index in [1.54, 1.807) is 6.20 Å². The van der Waals surface area contributed by atoms with Crippen LogP contribution in [0.15, 0.2) is 28.9 Å². The van der Waals surface area contributed by atoms with E-state index in [1.165, 1.54) is 0 Å². The summed E-state index contributed by atoms with van der Waals surface area (Å²) in [4.78, 5) is 0. The van der Waals surface area contributed by atoms with Crippen LogP contribution in [0.4, 0.5) is 8.78 Å². The van der Waals surface area contributed by atoms with Crippen LogP contribution in [0.5, 0.6) is 0 Å². The van der Waals surface area contributed by atoms with E-state index in [0.717, 1.165) is 21.9 Å². The number of hydrogen-bond acceptors (Lipinski definition) is 1. The molecule has 110 valence electrons. The predicted octanol–water partition coefficient (Wildman–Crippen LogP) is 4.71. The van der Waals surface area contributed by atoms with Crippen LogP contribution in [0.2, 0.25) is 0 Å². The normalized spacial score (nSPS) is 14.2. The summed E-state index contributed by atoms with van der Waals surface area (Å²) >= 11 is 3.43. The van der Waals surface area contributed by atoms with Gasteiger partial charge < -0.3 is 10.3 Å². The Labute approximate surface area is 126 Å². The summed E-state index contributed by atoms with van der Waals surface area (Å²) in [6.45, 7) is 7.09. The van der Waals surface area contributed by atoms with Crippen LogP contribution >= 0.6 is 15.9 Å². The third kappa shape index (κ3) is 3.20. The number of alkyl halides is 2. The molecule has 0 fully saturated rings.